The van der Waals surface area contributed by atoms with Gasteiger partial charge in [-0.2, -0.15) is 48.3 Å². The number of ether oxygens (including phenoxy) is 3. The second kappa shape index (κ2) is 23.1. The molecule has 0 aromatic heterocycles. The summed E-state index contributed by atoms with van der Waals surface area (Å²) >= 11 is 11.2. The molecule has 20 heteroatoms. The fraction of sp³-hybridized carbons (Fsp3) is 1.00. The highest BCUT2D eigenvalue weighted by Gasteiger charge is 2.88. The maximum atomic E-state index is 14.5. The van der Waals surface area contributed by atoms with E-state index in [1.54, 1.807) is 0 Å². The summed E-state index contributed by atoms with van der Waals surface area (Å²) in [5, 5.41) is -2.56. The van der Waals surface area contributed by atoms with Gasteiger partial charge in [-0.1, -0.05) is 75.8 Å². The van der Waals surface area contributed by atoms with Gasteiger partial charge in [-0.15, -0.1) is 0 Å². The fourth-order valence-corrected chi connectivity index (χ4v) is 4.94. The molecule has 284 valence electrons. The molecule has 0 saturated carbocycles. The highest BCUT2D eigenvalue weighted by molar-refractivity contribution is 14.1. The summed E-state index contributed by atoms with van der Waals surface area (Å²) in [5.41, 5.74) is 0. The monoisotopic (exact) mass is 914 g/mol. The first-order valence-corrected chi connectivity index (χ1v) is 18.0. The maximum Gasteiger partial charge on any atom is 0.460 e. The minimum absolute atomic E-state index is 0.00531. The van der Waals surface area contributed by atoms with Crippen LogP contribution >= 0.6 is 50.1 Å². The fourth-order valence-electron chi connectivity index (χ4n) is 3.69. The van der Waals surface area contributed by atoms with E-state index in [4.69, 9.17) is 30.8 Å². The predicted octanol–water partition coefficient (Wildman–Crippen LogP) is 11.5. The van der Waals surface area contributed by atoms with Crippen molar-refractivity contribution in [2.45, 2.75) is 131 Å². The standard InChI is InChI=1S/C27H41BrClF12IO5/c28-15-7-3-10-18-43-21(46-45-20-12-2-1-8-16-30)13-5-6-14-22(29,44-19-11-4-9-17-42)47-27(40,41)25(35,36)23(31,32)24(33,34)26(37,38)39/h21H,1-20H2. The van der Waals surface area contributed by atoms with Gasteiger partial charge in [-0.3, -0.25) is 9.13 Å². The molecule has 2 atom stereocenters. The molecule has 0 aliphatic carbocycles. The molecule has 0 N–H and O–H groups in total. The van der Waals surface area contributed by atoms with Gasteiger partial charge >= 0.3 is 30.1 Å². The first kappa shape index (κ1) is 47.5. The van der Waals surface area contributed by atoms with E-state index in [1.807, 2.05) is 22.6 Å². The first-order valence-electron chi connectivity index (χ1n) is 14.9. The molecule has 0 amide bonds. The second-order valence-electron chi connectivity index (χ2n) is 10.4. The van der Waals surface area contributed by atoms with Crippen molar-refractivity contribution in [1.82, 2.24) is 0 Å². The Morgan fingerprint density at radius 1 is 0.638 bits per heavy atom. The van der Waals surface area contributed by atoms with Crippen LogP contribution in [0.5, 0.6) is 0 Å². The van der Waals surface area contributed by atoms with Crippen LogP contribution in [-0.4, -0.2) is 77.8 Å². The smallest absolute Gasteiger partial charge is 0.350 e. The molecule has 0 aliphatic rings. The van der Waals surface area contributed by atoms with E-state index in [0.29, 0.717) is 49.4 Å². The molecule has 0 bridgehead atoms. The van der Waals surface area contributed by atoms with Gasteiger partial charge in [0.2, 0.25) is 0 Å². The third-order valence-electron chi connectivity index (χ3n) is 6.42. The zero-order valence-electron chi connectivity index (χ0n) is 25.4. The van der Waals surface area contributed by atoms with Crippen molar-refractivity contribution in [3.05, 3.63) is 0 Å². The molecule has 0 rings (SSSR count). The minimum Gasteiger partial charge on any atom is -0.350 e. The lowest BCUT2D eigenvalue weighted by Crippen LogP contribution is -2.67. The van der Waals surface area contributed by atoms with Crippen LogP contribution in [0.2, 0.25) is 0 Å². The van der Waals surface area contributed by atoms with Crippen molar-refractivity contribution in [3.8, 4) is 0 Å². The van der Waals surface area contributed by atoms with Crippen LogP contribution in [0.25, 0.3) is 0 Å². The number of rotatable bonds is 30. The van der Waals surface area contributed by atoms with Gasteiger partial charge in [0.1, 0.15) is 0 Å². The van der Waals surface area contributed by atoms with Crippen LogP contribution in [0.1, 0.15) is 89.9 Å². The molecule has 2 unspecified atom stereocenters. The minimum atomic E-state index is -7.65. The summed E-state index contributed by atoms with van der Waals surface area (Å²) in [5.74, 6) is -22.6. The number of alkyl halides is 15. The van der Waals surface area contributed by atoms with Gasteiger partial charge in [0, 0.05) is 24.8 Å². The largest absolute Gasteiger partial charge is 0.460 e. The molecular weight excluding hydrogens is 875 g/mol. The van der Waals surface area contributed by atoms with E-state index in [-0.39, 0.29) is 38.9 Å². The molecule has 0 aromatic rings. The van der Waals surface area contributed by atoms with Crippen LogP contribution in [0.4, 0.5) is 52.7 Å². The summed E-state index contributed by atoms with van der Waals surface area (Å²) < 4.78 is 176. The first-order chi connectivity index (χ1) is 21.8. The Labute approximate surface area is 293 Å². The van der Waals surface area contributed by atoms with Crippen LogP contribution in [0.3, 0.4) is 0 Å². The average Bonchev–Trinajstić information content (AvgIpc) is 2.97. The molecule has 5 nitrogen and oxygen atoms in total. The van der Waals surface area contributed by atoms with Gasteiger partial charge in [-0.25, -0.2) is 9.78 Å². The second-order valence-corrected chi connectivity index (χ2v) is 12.9. The topological polar surface area (TPSA) is 46.2 Å². The number of halogens is 15. The number of hydrogen-bond acceptors (Lipinski definition) is 5. The van der Waals surface area contributed by atoms with E-state index in [2.05, 4.69) is 20.7 Å². The van der Waals surface area contributed by atoms with Gasteiger partial charge in [0.25, 0.3) is 5.25 Å². The van der Waals surface area contributed by atoms with E-state index in [0.717, 1.165) is 18.2 Å². The third kappa shape index (κ3) is 16.6. The summed E-state index contributed by atoms with van der Waals surface area (Å²) in [4.78, 5) is 10.4. The SMILES string of the molecule is FCCCCCCOOC(CCCCC(Cl)(OCCCCCI)OC(F)(F)C(F)(F)C(F)(F)C(F)(F)C(F)(F)F)OCCCCCBr. The summed E-state index contributed by atoms with van der Waals surface area (Å²) in [7, 11) is 0. The Balaban J connectivity index is 5.60. The summed E-state index contributed by atoms with van der Waals surface area (Å²) in [6, 6.07) is 0. The van der Waals surface area contributed by atoms with Crippen LogP contribution in [-0.2, 0) is 24.0 Å². The normalized spacial score (nSPS) is 15.6. The van der Waals surface area contributed by atoms with E-state index < -0.39 is 61.3 Å². The van der Waals surface area contributed by atoms with E-state index in [1.165, 1.54) is 0 Å². The highest BCUT2D eigenvalue weighted by atomic mass is 127. The Morgan fingerprint density at radius 3 is 1.81 bits per heavy atom. The Bertz CT molecular complexity index is 821. The molecule has 47 heavy (non-hydrogen) atoms. The number of unbranched alkanes of at least 4 members (excludes halogenated alkanes) is 8. The molecular formula is C27H41BrClF12IO5. The van der Waals surface area contributed by atoms with Crippen molar-refractivity contribution in [3.63, 3.8) is 0 Å². The van der Waals surface area contributed by atoms with Crippen molar-refractivity contribution >= 4 is 50.1 Å². The van der Waals surface area contributed by atoms with Gasteiger partial charge in [0.05, 0.1) is 19.9 Å². The summed E-state index contributed by atoms with van der Waals surface area (Å²) in [6.45, 7) is -0.597. The predicted molar refractivity (Wildman–Crippen MR) is 162 cm³/mol. The summed E-state index contributed by atoms with van der Waals surface area (Å²) in [6.07, 6.45) is -10.5. The highest BCUT2D eigenvalue weighted by Crippen LogP contribution is 2.58. The van der Waals surface area contributed by atoms with Crippen molar-refractivity contribution < 1.29 is 76.7 Å². The van der Waals surface area contributed by atoms with Crippen molar-refractivity contribution in [2.24, 2.45) is 0 Å². The van der Waals surface area contributed by atoms with Crippen molar-refractivity contribution in [1.29, 1.82) is 0 Å². The molecule has 0 aromatic carbocycles. The van der Waals surface area contributed by atoms with Gasteiger partial charge < -0.3 is 9.47 Å². The Kier molecular flexibility index (Phi) is 23.3. The molecule has 0 fully saturated rings. The maximum absolute atomic E-state index is 14.5. The Morgan fingerprint density at radius 2 is 1.21 bits per heavy atom. The quantitative estimate of drug-likeness (QED) is 0.0137. The molecule has 0 radical (unpaired) electrons. The van der Waals surface area contributed by atoms with E-state index >= 15 is 0 Å². The lowest BCUT2D eigenvalue weighted by Gasteiger charge is -2.39. The van der Waals surface area contributed by atoms with Crippen LogP contribution in [0.15, 0.2) is 0 Å². The molecule has 0 spiro atoms. The lowest BCUT2D eigenvalue weighted by atomic mass is 10.0. The van der Waals surface area contributed by atoms with Crippen LogP contribution < -0.4 is 0 Å². The van der Waals surface area contributed by atoms with Gasteiger partial charge in [0.15, 0.2) is 6.29 Å². The zero-order valence-corrected chi connectivity index (χ0v) is 29.9. The Hall–Kier alpha value is 0.460. The zero-order chi connectivity index (χ0) is 36.3. The molecule has 0 heterocycles. The van der Waals surface area contributed by atoms with Crippen molar-refractivity contribution in [2.75, 3.05) is 36.3 Å². The lowest BCUT2D eigenvalue weighted by molar-refractivity contribution is -0.475. The van der Waals surface area contributed by atoms with Gasteiger partial charge in [-0.05, 0) is 55.8 Å². The average molecular weight is 916 g/mol. The van der Waals surface area contributed by atoms with E-state index in [9.17, 15) is 52.7 Å². The van der Waals surface area contributed by atoms with Crippen LogP contribution in [0, 0.1) is 0 Å². The molecule has 0 aliphatic heterocycles. The molecule has 0 saturated heterocycles. The third-order valence-corrected chi connectivity index (χ3v) is 8.12. The number of hydrogen-bond donors (Lipinski definition) is 0.